The summed E-state index contributed by atoms with van der Waals surface area (Å²) in [5.41, 5.74) is 5.71. The summed E-state index contributed by atoms with van der Waals surface area (Å²) in [6.45, 7) is 1.44. The maximum absolute atomic E-state index is 10.6. The van der Waals surface area contributed by atoms with Gasteiger partial charge in [-0.1, -0.05) is 0 Å². The van der Waals surface area contributed by atoms with Gasteiger partial charge in [0, 0.05) is 13.0 Å². The van der Waals surface area contributed by atoms with Gasteiger partial charge >= 0.3 is 5.97 Å². The number of carbonyl (C=O) groups is 1. The molecule has 0 unspecified atom stereocenters. The Morgan fingerprint density at radius 3 is 2.82 bits per heavy atom. The average molecular weight is 157 g/mol. The second-order valence-corrected chi connectivity index (χ2v) is 3.16. The SMILES string of the molecule is CC(=O)O[C@H]1CCC[C@H](N)C1. The van der Waals surface area contributed by atoms with E-state index < -0.39 is 0 Å². The summed E-state index contributed by atoms with van der Waals surface area (Å²) in [6, 6.07) is 0.230. The van der Waals surface area contributed by atoms with E-state index in [0.717, 1.165) is 25.7 Å². The molecule has 0 radical (unpaired) electrons. The largest absolute Gasteiger partial charge is 0.463 e. The normalized spacial score (nSPS) is 31.5. The average Bonchev–Trinajstić information content (AvgIpc) is 1.85. The lowest BCUT2D eigenvalue weighted by Crippen LogP contribution is -2.32. The molecular formula is C8H15NO2. The minimum atomic E-state index is -0.191. The zero-order valence-electron chi connectivity index (χ0n) is 6.88. The Bertz CT molecular complexity index is 147. The van der Waals surface area contributed by atoms with Gasteiger partial charge in [-0.15, -0.1) is 0 Å². The maximum atomic E-state index is 10.6. The summed E-state index contributed by atoms with van der Waals surface area (Å²) in [5, 5.41) is 0. The zero-order chi connectivity index (χ0) is 8.27. The third kappa shape index (κ3) is 2.89. The monoisotopic (exact) mass is 157 g/mol. The van der Waals surface area contributed by atoms with E-state index in [-0.39, 0.29) is 18.1 Å². The van der Waals surface area contributed by atoms with Crippen LogP contribution in [0, 0.1) is 0 Å². The van der Waals surface area contributed by atoms with Crippen molar-refractivity contribution in [2.45, 2.75) is 44.8 Å². The van der Waals surface area contributed by atoms with Crippen molar-refractivity contribution in [3.05, 3.63) is 0 Å². The Balaban J connectivity index is 2.28. The van der Waals surface area contributed by atoms with Crippen molar-refractivity contribution in [2.24, 2.45) is 5.73 Å². The first-order valence-electron chi connectivity index (χ1n) is 4.11. The summed E-state index contributed by atoms with van der Waals surface area (Å²) >= 11 is 0. The molecule has 0 heterocycles. The van der Waals surface area contributed by atoms with Gasteiger partial charge in [0.25, 0.3) is 0 Å². The topological polar surface area (TPSA) is 52.3 Å². The summed E-state index contributed by atoms with van der Waals surface area (Å²) in [4.78, 5) is 10.6. The number of rotatable bonds is 1. The van der Waals surface area contributed by atoms with Crippen LogP contribution in [0.25, 0.3) is 0 Å². The number of nitrogens with two attached hydrogens (primary N) is 1. The van der Waals surface area contributed by atoms with E-state index in [0.29, 0.717) is 0 Å². The number of hydrogen-bond donors (Lipinski definition) is 1. The summed E-state index contributed by atoms with van der Waals surface area (Å²) < 4.78 is 5.04. The molecule has 0 aliphatic heterocycles. The fourth-order valence-corrected chi connectivity index (χ4v) is 1.52. The fourth-order valence-electron chi connectivity index (χ4n) is 1.52. The molecule has 2 N–H and O–H groups in total. The van der Waals surface area contributed by atoms with Gasteiger partial charge in [0.2, 0.25) is 0 Å². The van der Waals surface area contributed by atoms with Crippen LogP contribution in [0.15, 0.2) is 0 Å². The molecule has 2 atom stereocenters. The second-order valence-electron chi connectivity index (χ2n) is 3.16. The molecule has 1 rings (SSSR count). The number of hydrogen-bond acceptors (Lipinski definition) is 3. The molecule has 0 bridgehead atoms. The Morgan fingerprint density at radius 1 is 1.55 bits per heavy atom. The van der Waals surface area contributed by atoms with Gasteiger partial charge < -0.3 is 10.5 Å². The Labute approximate surface area is 66.9 Å². The maximum Gasteiger partial charge on any atom is 0.302 e. The molecule has 0 aromatic heterocycles. The van der Waals surface area contributed by atoms with Gasteiger partial charge in [-0.2, -0.15) is 0 Å². The molecule has 1 aliphatic rings. The summed E-state index contributed by atoms with van der Waals surface area (Å²) in [6.07, 6.45) is 4.04. The first-order valence-corrected chi connectivity index (χ1v) is 4.11. The van der Waals surface area contributed by atoms with E-state index in [1.54, 1.807) is 0 Å². The molecule has 1 saturated carbocycles. The predicted molar refractivity (Wildman–Crippen MR) is 42.0 cm³/mol. The Kier molecular flexibility index (Phi) is 2.88. The number of esters is 1. The third-order valence-corrected chi connectivity index (χ3v) is 2.00. The van der Waals surface area contributed by atoms with Crippen LogP contribution >= 0.6 is 0 Å². The molecule has 11 heavy (non-hydrogen) atoms. The highest BCUT2D eigenvalue weighted by atomic mass is 16.5. The molecule has 1 fully saturated rings. The molecule has 0 spiro atoms. The van der Waals surface area contributed by atoms with Crippen molar-refractivity contribution in [1.29, 1.82) is 0 Å². The predicted octanol–water partition coefficient (Wildman–Crippen LogP) is 0.819. The van der Waals surface area contributed by atoms with Crippen LogP contribution in [0.5, 0.6) is 0 Å². The number of ether oxygens (including phenoxy) is 1. The van der Waals surface area contributed by atoms with Crippen molar-refractivity contribution in [3.63, 3.8) is 0 Å². The van der Waals surface area contributed by atoms with Crippen LogP contribution in [-0.4, -0.2) is 18.1 Å². The smallest absolute Gasteiger partial charge is 0.302 e. The molecule has 0 aromatic rings. The molecule has 0 aromatic carbocycles. The summed E-state index contributed by atoms with van der Waals surface area (Å²) in [5.74, 6) is -0.191. The molecule has 0 saturated heterocycles. The highest BCUT2D eigenvalue weighted by molar-refractivity contribution is 5.66. The van der Waals surface area contributed by atoms with Crippen LogP contribution in [0.4, 0.5) is 0 Å². The van der Waals surface area contributed by atoms with E-state index in [4.69, 9.17) is 10.5 Å². The second kappa shape index (κ2) is 3.72. The van der Waals surface area contributed by atoms with Crippen molar-refractivity contribution >= 4 is 5.97 Å². The van der Waals surface area contributed by atoms with E-state index in [9.17, 15) is 4.79 Å². The van der Waals surface area contributed by atoms with Crippen molar-refractivity contribution in [3.8, 4) is 0 Å². The molecule has 64 valence electrons. The van der Waals surface area contributed by atoms with Gasteiger partial charge in [0.15, 0.2) is 0 Å². The van der Waals surface area contributed by atoms with Crippen LogP contribution in [0.2, 0.25) is 0 Å². The first-order chi connectivity index (χ1) is 5.18. The molecule has 3 nitrogen and oxygen atoms in total. The quantitative estimate of drug-likeness (QED) is 0.573. The van der Waals surface area contributed by atoms with E-state index in [2.05, 4.69) is 0 Å². The van der Waals surface area contributed by atoms with E-state index >= 15 is 0 Å². The minimum Gasteiger partial charge on any atom is -0.463 e. The zero-order valence-corrected chi connectivity index (χ0v) is 6.88. The lowest BCUT2D eigenvalue weighted by atomic mass is 9.94. The Morgan fingerprint density at radius 2 is 2.27 bits per heavy atom. The van der Waals surface area contributed by atoms with Gasteiger partial charge in [0.05, 0.1) is 0 Å². The van der Waals surface area contributed by atoms with E-state index in [1.807, 2.05) is 0 Å². The van der Waals surface area contributed by atoms with Gasteiger partial charge in [-0.3, -0.25) is 4.79 Å². The van der Waals surface area contributed by atoms with Crippen LogP contribution in [-0.2, 0) is 9.53 Å². The molecule has 0 amide bonds. The lowest BCUT2D eigenvalue weighted by molar-refractivity contribution is -0.147. The highest BCUT2D eigenvalue weighted by Gasteiger charge is 2.20. The van der Waals surface area contributed by atoms with Gasteiger partial charge in [0.1, 0.15) is 6.10 Å². The fraction of sp³-hybridized carbons (Fsp3) is 0.875. The third-order valence-electron chi connectivity index (χ3n) is 2.00. The molecule has 1 aliphatic carbocycles. The van der Waals surface area contributed by atoms with Crippen molar-refractivity contribution in [2.75, 3.05) is 0 Å². The van der Waals surface area contributed by atoms with E-state index in [1.165, 1.54) is 6.92 Å². The van der Waals surface area contributed by atoms with Crippen molar-refractivity contribution in [1.82, 2.24) is 0 Å². The van der Waals surface area contributed by atoms with Crippen LogP contribution in [0.3, 0.4) is 0 Å². The first kappa shape index (κ1) is 8.53. The summed E-state index contributed by atoms with van der Waals surface area (Å²) in [7, 11) is 0. The molecule has 3 heteroatoms. The van der Waals surface area contributed by atoms with Crippen LogP contribution < -0.4 is 5.73 Å². The lowest BCUT2D eigenvalue weighted by Gasteiger charge is -2.25. The standard InChI is InChI=1S/C8H15NO2/c1-6(10)11-8-4-2-3-7(9)5-8/h7-8H,2-5,9H2,1H3/t7-,8-/m0/s1. The van der Waals surface area contributed by atoms with Gasteiger partial charge in [-0.25, -0.2) is 0 Å². The highest BCUT2D eigenvalue weighted by Crippen LogP contribution is 2.19. The Hall–Kier alpha value is -0.570. The van der Waals surface area contributed by atoms with Gasteiger partial charge in [-0.05, 0) is 25.7 Å². The van der Waals surface area contributed by atoms with Crippen molar-refractivity contribution < 1.29 is 9.53 Å². The molecular weight excluding hydrogens is 142 g/mol. The minimum absolute atomic E-state index is 0.0799. The number of carbonyl (C=O) groups excluding carboxylic acids is 1. The van der Waals surface area contributed by atoms with Crippen LogP contribution in [0.1, 0.15) is 32.6 Å².